The summed E-state index contributed by atoms with van der Waals surface area (Å²) in [7, 11) is 1.89. The molecule has 6 nitrogen and oxygen atoms in total. The first-order chi connectivity index (χ1) is 6.22. The van der Waals surface area contributed by atoms with E-state index in [-0.39, 0.29) is 0 Å². The van der Waals surface area contributed by atoms with Crippen molar-refractivity contribution in [3.8, 4) is 0 Å². The molecule has 1 aromatic rings. The van der Waals surface area contributed by atoms with Gasteiger partial charge in [-0.2, -0.15) is 0 Å². The summed E-state index contributed by atoms with van der Waals surface area (Å²) in [4.78, 5) is 8.32. The number of nitrogens with one attached hydrogen (secondary N) is 1. The van der Waals surface area contributed by atoms with Crippen molar-refractivity contribution in [1.82, 2.24) is 9.55 Å². The normalized spacial score (nSPS) is 20.5. The lowest BCUT2D eigenvalue weighted by atomic mass is 10.2. The van der Waals surface area contributed by atoms with Crippen molar-refractivity contribution in [3.63, 3.8) is 0 Å². The second-order valence-corrected chi connectivity index (χ2v) is 2.92. The molecule has 70 valence electrons. The molecular formula is C7H12N6. The van der Waals surface area contributed by atoms with Crippen molar-refractivity contribution in [2.75, 3.05) is 11.9 Å². The molecule has 0 spiro atoms. The molecule has 2 heterocycles. The molecule has 5 N–H and O–H groups in total. The topological polar surface area (TPSA) is 94.2 Å². The number of nitrogens with zero attached hydrogens (tertiary/aromatic N) is 3. The maximum Gasteiger partial charge on any atom is 0.172 e. The number of hydrogen-bond donors (Lipinski definition) is 3. The summed E-state index contributed by atoms with van der Waals surface area (Å²) in [5, 5.41) is 3.01. The molecule has 0 saturated carbocycles. The Morgan fingerprint density at radius 1 is 1.69 bits per heavy atom. The number of aryl methyl sites for hydroxylation is 1. The summed E-state index contributed by atoms with van der Waals surface area (Å²) in [6.45, 7) is 0.361. The fourth-order valence-corrected chi connectivity index (χ4v) is 1.36. The van der Waals surface area contributed by atoms with E-state index in [1.165, 1.54) is 0 Å². The largest absolute Gasteiger partial charge is 0.336 e. The van der Waals surface area contributed by atoms with Crippen LogP contribution in [0.5, 0.6) is 0 Å². The molecule has 0 saturated heterocycles. The Morgan fingerprint density at radius 2 is 2.46 bits per heavy atom. The van der Waals surface area contributed by atoms with Gasteiger partial charge in [0.15, 0.2) is 6.29 Å². The van der Waals surface area contributed by atoms with Gasteiger partial charge >= 0.3 is 0 Å². The highest BCUT2D eigenvalue weighted by Crippen LogP contribution is 2.18. The standard InChI is InChI=1S/C7H12N6/c1-13-3-10-5-4(2-8)11-7(9)12-6(5)13/h3,7,12H,2,8-9H2,1H3. The number of aliphatic imine (C=N–C) groups is 1. The summed E-state index contributed by atoms with van der Waals surface area (Å²) >= 11 is 0. The van der Waals surface area contributed by atoms with Gasteiger partial charge in [-0.3, -0.25) is 5.73 Å². The monoisotopic (exact) mass is 180 g/mol. The maximum absolute atomic E-state index is 5.65. The van der Waals surface area contributed by atoms with Crippen LogP contribution in [0.2, 0.25) is 0 Å². The molecule has 13 heavy (non-hydrogen) atoms. The molecular weight excluding hydrogens is 168 g/mol. The molecule has 1 unspecified atom stereocenters. The first kappa shape index (κ1) is 8.21. The summed E-state index contributed by atoms with van der Waals surface area (Å²) in [6, 6.07) is 0. The molecule has 0 aromatic carbocycles. The van der Waals surface area contributed by atoms with E-state index >= 15 is 0 Å². The molecule has 0 aliphatic carbocycles. The lowest BCUT2D eigenvalue weighted by Crippen LogP contribution is -2.36. The van der Waals surface area contributed by atoms with E-state index in [0.717, 1.165) is 17.2 Å². The molecule has 1 atom stereocenters. The lowest BCUT2D eigenvalue weighted by molar-refractivity contribution is 0.771. The fourth-order valence-electron chi connectivity index (χ4n) is 1.36. The average Bonchev–Trinajstić information content (AvgIpc) is 2.47. The third kappa shape index (κ3) is 1.20. The SMILES string of the molecule is Cn1cnc2c1NC(N)N=C2CN. The van der Waals surface area contributed by atoms with E-state index in [9.17, 15) is 0 Å². The van der Waals surface area contributed by atoms with Gasteiger partial charge < -0.3 is 15.6 Å². The van der Waals surface area contributed by atoms with Crippen molar-refractivity contribution in [2.24, 2.45) is 23.5 Å². The number of aromatic nitrogens is 2. The molecule has 2 rings (SSSR count). The van der Waals surface area contributed by atoms with Gasteiger partial charge in [0.1, 0.15) is 11.5 Å². The third-order valence-electron chi connectivity index (χ3n) is 1.98. The highest BCUT2D eigenvalue weighted by molar-refractivity contribution is 6.05. The number of fused-ring (bicyclic) bond motifs is 1. The van der Waals surface area contributed by atoms with Crippen molar-refractivity contribution in [1.29, 1.82) is 0 Å². The Labute approximate surface area is 75.6 Å². The Hall–Kier alpha value is -1.40. The van der Waals surface area contributed by atoms with Gasteiger partial charge in [0.25, 0.3) is 0 Å². The minimum Gasteiger partial charge on any atom is -0.336 e. The number of anilines is 1. The summed E-state index contributed by atoms with van der Waals surface area (Å²) in [6.07, 6.45) is 1.29. The van der Waals surface area contributed by atoms with Gasteiger partial charge in [-0.05, 0) is 0 Å². The third-order valence-corrected chi connectivity index (χ3v) is 1.98. The number of hydrogen-bond acceptors (Lipinski definition) is 5. The van der Waals surface area contributed by atoms with E-state index in [0.29, 0.717) is 6.54 Å². The van der Waals surface area contributed by atoms with Crippen LogP contribution in [-0.4, -0.2) is 28.1 Å². The zero-order chi connectivity index (χ0) is 9.42. The van der Waals surface area contributed by atoms with Crippen LogP contribution in [0.1, 0.15) is 5.69 Å². The van der Waals surface area contributed by atoms with Crippen LogP contribution in [0.4, 0.5) is 5.82 Å². The van der Waals surface area contributed by atoms with Gasteiger partial charge in [-0.1, -0.05) is 0 Å². The quantitative estimate of drug-likeness (QED) is 0.508. The maximum atomic E-state index is 5.65. The van der Waals surface area contributed by atoms with Crippen molar-refractivity contribution < 1.29 is 0 Å². The van der Waals surface area contributed by atoms with Crippen molar-refractivity contribution in [3.05, 3.63) is 12.0 Å². The smallest absolute Gasteiger partial charge is 0.172 e. The summed E-state index contributed by atoms with van der Waals surface area (Å²) < 4.78 is 1.86. The molecule has 0 radical (unpaired) electrons. The first-order valence-corrected chi connectivity index (χ1v) is 4.03. The predicted molar refractivity (Wildman–Crippen MR) is 50.4 cm³/mol. The van der Waals surface area contributed by atoms with Crippen LogP contribution < -0.4 is 16.8 Å². The highest BCUT2D eigenvalue weighted by atomic mass is 15.3. The minimum absolute atomic E-state index is 0.361. The first-order valence-electron chi connectivity index (χ1n) is 4.03. The molecule has 0 fully saturated rings. The Balaban J connectivity index is 2.50. The lowest BCUT2D eigenvalue weighted by Gasteiger charge is -2.19. The van der Waals surface area contributed by atoms with Crippen LogP contribution in [-0.2, 0) is 7.05 Å². The van der Waals surface area contributed by atoms with E-state index in [1.54, 1.807) is 6.33 Å². The minimum atomic E-state index is -0.415. The summed E-state index contributed by atoms with van der Waals surface area (Å²) in [5.41, 5.74) is 12.7. The molecule has 1 aliphatic heterocycles. The number of rotatable bonds is 1. The van der Waals surface area contributed by atoms with Crippen molar-refractivity contribution in [2.45, 2.75) is 6.29 Å². The second kappa shape index (κ2) is 2.82. The van der Waals surface area contributed by atoms with Gasteiger partial charge in [-0.15, -0.1) is 0 Å². The molecule has 1 aromatic heterocycles. The van der Waals surface area contributed by atoms with Crippen LogP contribution in [0.25, 0.3) is 0 Å². The molecule has 0 amide bonds. The highest BCUT2D eigenvalue weighted by Gasteiger charge is 2.20. The predicted octanol–water partition coefficient (Wildman–Crippen LogP) is -1.16. The molecule has 1 aliphatic rings. The van der Waals surface area contributed by atoms with Crippen LogP contribution in [0, 0.1) is 0 Å². The number of nitrogens with two attached hydrogens (primary N) is 2. The van der Waals surface area contributed by atoms with Crippen LogP contribution >= 0.6 is 0 Å². The number of imidazole rings is 1. The summed E-state index contributed by atoms with van der Waals surface area (Å²) in [5.74, 6) is 0.878. The average molecular weight is 180 g/mol. The Bertz CT molecular complexity index is 352. The molecule has 0 bridgehead atoms. The van der Waals surface area contributed by atoms with E-state index in [1.807, 2.05) is 11.6 Å². The zero-order valence-corrected chi connectivity index (χ0v) is 7.36. The van der Waals surface area contributed by atoms with Gasteiger partial charge in [-0.25, -0.2) is 9.98 Å². The van der Waals surface area contributed by atoms with Crippen LogP contribution in [0.15, 0.2) is 11.3 Å². The van der Waals surface area contributed by atoms with Gasteiger partial charge in [0.05, 0.1) is 12.0 Å². The Morgan fingerprint density at radius 3 is 3.15 bits per heavy atom. The fraction of sp³-hybridized carbons (Fsp3) is 0.429. The second-order valence-electron chi connectivity index (χ2n) is 2.92. The van der Waals surface area contributed by atoms with E-state index in [4.69, 9.17) is 11.5 Å². The van der Waals surface area contributed by atoms with Gasteiger partial charge in [0, 0.05) is 13.6 Å². The van der Waals surface area contributed by atoms with E-state index in [2.05, 4.69) is 15.3 Å². The molecule has 6 heteroatoms. The Kier molecular flexibility index (Phi) is 1.78. The van der Waals surface area contributed by atoms with E-state index < -0.39 is 6.29 Å². The van der Waals surface area contributed by atoms with Crippen LogP contribution in [0.3, 0.4) is 0 Å². The van der Waals surface area contributed by atoms with Crippen molar-refractivity contribution >= 4 is 11.5 Å². The zero-order valence-electron chi connectivity index (χ0n) is 7.36. The van der Waals surface area contributed by atoms with Gasteiger partial charge in [0.2, 0.25) is 0 Å².